The first-order valence-electron chi connectivity index (χ1n) is 12.4. The van der Waals surface area contributed by atoms with Crippen molar-refractivity contribution in [2.45, 2.75) is 44.6 Å². The van der Waals surface area contributed by atoms with Gasteiger partial charge >= 0.3 is 0 Å². The van der Waals surface area contributed by atoms with Crippen LogP contribution in [-0.4, -0.2) is 52.7 Å². The highest BCUT2D eigenvalue weighted by molar-refractivity contribution is 6.10. The first-order chi connectivity index (χ1) is 16.2. The van der Waals surface area contributed by atoms with Gasteiger partial charge in [0.05, 0.1) is 6.04 Å². The lowest BCUT2D eigenvalue weighted by Gasteiger charge is -2.38. The maximum absolute atomic E-state index is 13.9. The Morgan fingerprint density at radius 2 is 1.48 bits per heavy atom. The number of piperidine rings is 1. The number of ketones is 1. The van der Waals surface area contributed by atoms with Crippen molar-refractivity contribution in [2.75, 3.05) is 26.2 Å². The van der Waals surface area contributed by atoms with Gasteiger partial charge in [-0.1, -0.05) is 61.4 Å². The molecule has 0 unspecified atom stereocenters. The van der Waals surface area contributed by atoms with Crippen LogP contribution in [-0.2, 0) is 4.79 Å². The molecule has 1 aromatic heterocycles. The van der Waals surface area contributed by atoms with Crippen LogP contribution in [0.15, 0.2) is 60.8 Å². The summed E-state index contributed by atoms with van der Waals surface area (Å²) in [6, 6.07) is 17.7. The molecule has 0 saturated carbocycles. The van der Waals surface area contributed by atoms with Crippen LogP contribution in [0.5, 0.6) is 0 Å². The summed E-state index contributed by atoms with van der Waals surface area (Å²) in [6.45, 7) is 3.34. The fraction of sp³-hybridized carbons (Fsp3) is 0.429. The number of hydrogen-bond donors (Lipinski definition) is 1. The summed E-state index contributed by atoms with van der Waals surface area (Å²) in [5.74, 6) is 0.533. The highest BCUT2D eigenvalue weighted by Gasteiger charge is 2.35. The van der Waals surface area contributed by atoms with Gasteiger partial charge in [-0.25, -0.2) is 0 Å². The minimum absolute atomic E-state index is 0.0824. The molecule has 0 aliphatic carbocycles. The van der Waals surface area contributed by atoms with Crippen molar-refractivity contribution >= 4 is 22.6 Å². The Hall–Kier alpha value is -2.92. The molecule has 3 heterocycles. The number of benzene rings is 2. The van der Waals surface area contributed by atoms with Gasteiger partial charge in [-0.15, -0.1) is 0 Å². The van der Waals surface area contributed by atoms with Crippen molar-refractivity contribution in [1.29, 1.82) is 0 Å². The van der Waals surface area contributed by atoms with E-state index in [9.17, 15) is 9.59 Å². The van der Waals surface area contributed by atoms with Gasteiger partial charge < -0.3 is 9.88 Å². The van der Waals surface area contributed by atoms with Crippen LogP contribution >= 0.6 is 0 Å². The number of carbonyl (C=O) groups excluding carboxylic acids is 2. The van der Waals surface area contributed by atoms with Gasteiger partial charge in [-0.3, -0.25) is 14.5 Å². The predicted molar refractivity (Wildman–Crippen MR) is 131 cm³/mol. The summed E-state index contributed by atoms with van der Waals surface area (Å²) < 4.78 is 0. The monoisotopic (exact) mass is 443 g/mol. The summed E-state index contributed by atoms with van der Waals surface area (Å²) >= 11 is 0. The predicted octanol–water partition coefficient (Wildman–Crippen LogP) is 5.21. The van der Waals surface area contributed by atoms with E-state index in [2.05, 4.69) is 14.8 Å². The van der Waals surface area contributed by atoms with E-state index < -0.39 is 0 Å². The Morgan fingerprint density at radius 1 is 0.818 bits per heavy atom. The summed E-state index contributed by atoms with van der Waals surface area (Å²) in [5, 5.41) is 0.967. The molecule has 2 fully saturated rings. The molecule has 1 amide bonds. The van der Waals surface area contributed by atoms with Crippen LogP contribution in [0.3, 0.4) is 0 Å². The largest absolute Gasteiger partial charge is 0.360 e. The number of hydrogen-bond acceptors (Lipinski definition) is 3. The Bertz CT molecular complexity index is 1090. The van der Waals surface area contributed by atoms with E-state index in [1.165, 1.54) is 12.8 Å². The number of likely N-dealkylation sites (tertiary alicyclic amines) is 2. The number of H-pyrrole nitrogens is 1. The number of rotatable bonds is 5. The van der Waals surface area contributed by atoms with E-state index in [-0.39, 0.29) is 17.7 Å². The summed E-state index contributed by atoms with van der Waals surface area (Å²) in [6.07, 6.45) is 8.20. The Kier molecular flexibility index (Phi) is 6.58. The molecule has 0 bridgehead atoms. The first-order valence-corrected chi connectivity index (χ1v) is 12.4. The van der Waals surface area contributed by atoms with E-state index >= 15 is 0 Å². The quantitative estimate of drug-likeness (QED) is 0.551. The molecule has 1 N–H and O–H groups in total. The number of aromatic amines is 1. The van der Waals surface area contributed by atoms with E-state index in [0.29, 0.717) is 5.91 Å². The van der Waals surface area contributed by atoms with Crippen LogP contribution in [0.1, 0.15) is 60.5 Å². The molecule has 0 radical (unpaired) electrons. The van der Waals surface area contributed by atoms with Crippen molar-refractivity contribution in [3.05, 3.63) is 71.9 Å². The molecule has 172 valence electrons. The molecule has 2 aliphatic rings. The molecule has 2 aromatic carbocycles. The maximum Gasteiger partial charge on any atom is 0.225 e. The molecule has 2 aliphatic heterocycles. The third kappa shape index (κ3) is 4.60. The smallest absolute Gasteiger partial charge is 0.225 e. The highest BCUT2D eigenvalue weighted by atomic mass is 16.2. The maximum atomic E-state index is 13.9. The average molecular weight is 444 g/mol. The molecule has 0 spiro atoms. The number of Topliss-reactive ketones (excluding diaryl/α,β-unsaturated/α-hetero) is 1. The van der Waals surface area contributed by atoms with Crippen molar-refractivity contribution < 1.29 is 9.59 Å². The van der Waals surface area contributed by atoms with E-state index in [1.807, 2.05) is 60.8 Å². The average Bonchev–Trinajstić information content (AvgIpc) is 3.11. The van der Waals surface area contributed by atoms with Crippen molar-refractivity contribution in [2.24, 2.45) is 5.92 Å². The summed E-state index contributed by atoms with van der Waals surface area (Å²) in [4.78, 5) is 34.7. The van der Waals surface area contributed by atoms with Crippen molar-refractivity contribution in [1.82, 2.24) is 14.8 Å². The number of nitrogens with one attached hydrogen (secondary N) is 1. The Balaban J connectivity index is 1.35. The molecule has 2 saturated heterocycles. The molecule has 5 heteroatoms. The normalized spacial score (nSPS) is 19.3. The molecule has 1 atom stereocenters. The third-order valence-corrected chi connectivity index (χ3v) is 7.38. The summed E-state index contributed by atoms with van der Waals surface area (Å²) in [7, 11) is 0. The number of para-hydroxylation sites is 1. The second-order valence-corrected chi connectivity index (χ2v) is 9.48. The SMILES string of the molecule is O=C(c1c[nH]c2ccccc12)[C@H](c1ccccc1)N1CCC(C(=O)N2CCCCCC2)CC1. The lowest BCUT2D eigenvalue weighted by Crippen LogP contribution is -2.45. The van der Waals surface area contributed by atoms with Gasteiger partial charge in [0, 0.05) is 41.7 Å². The van der Waals surface area contributed by atoms with Crippen LogP contribution in [0.2, 0.25) is 0 Å². The number of nitrogens with zero attached hydrogens (tertiary/aromatic N) is 2. The number of aromatic nitrogens is 1. The van der Waals surface area contributed by atoms with E-state index in [4.69, 9.17) is 0 Å². The molecular weight excluding hydrogens is 410 g/mol. The minimum Gasteiger partial charge on any atom is -0.360 e. The third-order valence-electron chi connectivity index (χ3n) is 7.38. The zero-order chi connectivity index (χ0) is 22.6. The van der Waals surface area contributed by atoms with Gasteiger partial charge in [0.2, 0.25) is 5.91 Å². The van der Waals surface area contributed by atoms with Gasteiger partial charge in [-0.2, -0.15) is 0 Å². The van der Waals surface area contributed by atoms with Gasteiger partial charge in [0.15, 0.2) is 5.78 Å². The number of carbonyl (C=O) groups is 2. The minimum atomic E-state index is -0.334. The fourth-order valence-corrected chi connectivity index (χ4v) is 5.54. The number of amides is 1. The van der Waals surface area contributed by atoms with Crippen molar-refractivity contribution in [3.8, 4) is 0 Å². The Labute approximate surface area is 195 Å². The van der Waals surface area contributed by atoms with Crippen LogP contribution in [0, 0.1) is 5.92 Å². The lowest BCUT2D eigenvalue weighted by molar-refractivity contribution is -0.137. The second-order valence-electron chi connectivity index (χ2n) is 9.48. The fourth-order valence-electron chi connectivity index (χ4n) is 5.54. The molecule has 5 nitrogen and oxygen atoms in total. The zero-order valence-electron chi connectivity index (χ0n) is 19.2. The van der Waals surface area contributed by atoms with Gasteiger partial charge in [0.25, 0.3) is 0 Å². The molecule has 5 rings (SSSR count). The molecular formula is C28H33N3O2. The topological polar surface area (TPSA) is 56.4 Å². The van der Waals surface area contributed by atoms with Gasteiger partial charge in [-0.05, 0) is 50.4 Å². The van der Waals surface area contributed by atoms with Crippen LogP contribution in [0.4, 0.5) is 0 Å². The standard InChI is InChI=1S/C28H33N3O2/c32-27(24-20-29-25-13-7-6-12-23(24)25)26(21-10-4-3-5-11-21)30-18-14-22(15-19-30)28(33)31-16-8-1-2-9-17-31/h3-7,10-13,20,22,26,29H,1-2,8-9,14-19H2/t26-/m0/s1. The molecule has 3 aromatic rings. The molecule has 33 heavy (non-hydrogen) atoms. The van der Waals surface area contributed by atoms with Crippen LogP contribution in [0.25, 0.3) is 10.9 Å². The second kappa shape index (κ2) is 9.92. The highest BCUT2D eigenvalue weighted by Crippen LogP contribution is 2.32. The lowest BCUT2D eigenvalue weighted by atomic mass is 9.90. The van der Waals surface area contributed by atoms with Gasteiger partial charge in [0.1, 0.15) is 0 Å². The zero-order valence-corrected chi connectivity index (χ0v) is 19.2. The van der Waals surface area contributed by atoms with E-state index in [1.54, 1.807) is 0 Å². The van der Waals surface area contributed by atoms with Crippen molar-refractivity contribution in [3.63, 3.8) is 0 Å². The number of fused-ring (bicyclic) bond motifs is 1. The Morgan fingerprint density at radius 3 is 2.21 bits per heavy atom. The summed E-state index contributed by atoms with van der Waals surface area (Å²) in [5.41, 5.74) is 2.74. The first kappa shape index (κ1) is 21.9. The van der Waals surface area contributed by atoms with Crippen LogP contribution < -0.4 is 0 Å². The van der Waals surface area contributed by atoms with E-state index in [0.717, 1.165) is 73.9 Å².